The molecule has 0 amide bonds. The van der Waals surface area contributed by atoms with Gasteiger partial charge in [0.1, 0.15) is 24.0 Å². The van der Waals surface area contributed by atoms with Gasteiger partial charge in [-0.3, -0.25) is 4.57 Å². The molecule has 0 saturated heterocycles. The van der Waals surface area contributed by atoms with Gasteiger partial charge in [-0.2, -0.15) is 0 Å². The number of hydrogen-bond acceptors (Lipinski definition) is 4. The maximum Gasteiger partial charge on any atom is 0.137 e. The molecule has 77 heavy (non-hydrogen) atoms. The van der Waals surface area contributed by atoms with E-state index in [1.54, 1.807) is 0 Å². The van der Waals surface area contributed by atoms with Gasteiger partial charge in [0.2, 0.25) is 0 Å². The molecule has 14 rings (SSSR count). The Morgan fingerprint density at radius 1 is 0.442 bits per heavy atom. The molecule has 0 fully saturated rings. The number of hydrogen-bond donors (Lipinski definition) is 0. The Kier molecular flexibility index (Phi) is 10.9. The molecule has 1 aliphatic carbocycles. The molecule has 0 N–H and O–H groups in total. The fraction of sp³-hybridized carbons (Fsp3) is 0.0972. The van der Waals surface area contributed by atoms with Crippen LogP contribution in [0.4, 0.5) is 22.7 Å². The molecule has 2 aliphatic rings. The molecule has 0 atom stereocenters. The lowest BCUT2D eigenvalue weighted by Gasteiger charge is -2.30. The SMILES string of the molecule is CC(C)(C)c1cc(-c2ccccc2)c(N2CN(c3cccc(Oc4ccc5c6ccc(-c7ccccc7)cc6n(-c6cc(C7(C)c8ccccc8-c8ccccc87)ccn6)c5c4)c3)c3ccccc32)c(-c2ccccc2)c1. The van der Waals surface area contributed by atoms with Gasteiger partial charge in [0.25, 0.3) is 0 Å². The average Bonchev–Trinajstić information content (AvgIpc) is 4.13. The zero-order valence-corrected chi connectivity index (χ0v) is 43.7. The molecule has 5 nitrogen and oxygen atoms in total. The molecule has 0 saturated carbocycles. The first-order valence-corrected chi connectivity index (χ1v) is 26.7. The molecule has 3 heterocycles. The second kappa shape index (κ2) is 18.1. The Bertz CT molecular complexity index is 4120. The van der Waals surface area contributed by atoms with Gasteiger partial charge in [-0.25, -0.2) is 4.98 Å². The van der Waals surface area contributed by atoms with Gasteiger partial charge in [-0.05, 0) is 135 Å². The standard InChI is InChI=1S/C72H56N4O/c1-71(2,3)53-42-61(49-23-10-6-11-24-49)70(62(43-53)50-25-12-7-13-26-50)75-47-74(65-33-18-19-34-66(65)75)54-27-20-28-55(45-54)77-56-36-38-60-59-37-35-51(48-21-8-5-9-22-48)41-67(59)76(68(60)46-56)69-44-52(39-40-73-69)72(4)63-31-16-14-29-57(63)58-30-15-17-32-64(58)72/h5-46H,47H2,1-4H3. The maximum absolute atomic E-state index is 6.99. The highest BCUT2D eigenvalue weighted by Gasteiger charge is 2.41. The quantitative estimate of drug-likeness (QED) is 0.144. The maximum atomic E-state index is 6.99. The third-order valence-corrected chi connectivity index (χ3v) is 16.1. The number of nitrogens with zero attached hydrogens (tertiary/aromatic N) is 4. The summed E-state index contributed by atoms with van der Waals surface area (Å²) in [5, 5.41) is 2.28. The largest absolute Gasteiger partial charge is 0.457 e. The summed E-state index contributed by atoms with van der Waals surface area (Å²) in [5.74, 6) is 2.35. The van der Waals surface area contributed by atoms with Gasteiger partial charge in [-0.1, -0.05) is 191 Å². The molecule has 1 aliphatic heterocycles. The van der Waals surface area contributed by atoms with Crippen LogP contribution >= 0.6 is 0 Å². The minimum atomic E-state index is -0.379. The van der Waals surface area contributed by atoms with Crippen molar-refractivity contribution in [1.82, 2.24) is 9.55 Å². The fourth-order valence-corrected chi connectivity index (χ4v) is 12.2. The van der Waals surface area contributed by atoms with Crippen molar-refractivity contribution in [2.24, 2.45) is 0 Å². The van der Waals surface area contributed by atoms with Crippen molar-refractivity contribution >= 4 is 44.6 Å². The van der Waals surface area contributed by atoms with E-state index in [-0.39, 0.29) is 10.8 Å². The van der Waals surface area contributed by atoms with Crippen molar-refractivity contribution in [1.29, 1.82) is 0 Å². The predicted molar refractivity (Wildman–Crippen MR) is 320 cm³/mol. The van der Waals surface area contributed by atoms with E-state index in [0.717, 1.165) is 61.7 Å². The van der Waals surface area contributed by atoms with Crippen LogP contribution in [-0.2, 0) is 10.8 Å². The molecule has 10 aromatic carbocycles. The number of para-hydroxylation sites is 2. The minimum Gasteiger partial charge on any atom is -0.457 e. The van der Waals surface area contributed by atoms with Crippen LogP contribution < -0.4 is 14.5 Å². The molecule has 12 aromatic rings. The van der Waals surface area contributed by atoms with E-state index in [0.29, 0.717) is 6.67 Å². The van der Waals surface area contributed by atoms with Crippen LogP contribution in [0.25, 0.3) is 72.1 Å². The molecular formula is C72H56N4O. The number of pyridine rings is 1. The number of ether oxygens (including phenoxy) is 1. The van der Waals surface area contributed by atoms with Gasteiger partial charge < -0.3 is 14.5 Å². The molecule has 0 spiro atoms. The first-order chi connectivity index (χ1) is 37.7. The van der Waals surface area contributed by atoms with Crippen molar-refractivity contribution in [3.8, 4) is 61.8 Å². The third-order valence-electron chi connectivity index (χ3n) is 16.1. The minimum absolute atomic E-state index is 0.0650. The smallest absolute Gasteiger partial charge is 0.137 e. The van der Waals surface area contributed by atoms with Gasteiger partial charge in [-0.15, -0.1) is 0 Å². The summed E-state index contributed by atoms with van der Waals surface area (Å²) in [7, 11) is 0. The molecule has 0 unspecified atom stereocenters. The Morgan fingerprint density at radius 2 is 0.987 bits per heavy atom. The molecule has 2 aromatic heterocycles. The Labute approximate surface area is 450 Å². The number of anilines is 4. The number of fused-ring (bicyclic) bond motifs is 7. The van der Waals surface area contributed by atoms with E-state index in [1.807, 2.05) is 6.20 Å². The fourth-order valence-electron chi connectivity index (χ4n) is 12.2. The van der Waals surface area contributed by atoms with Crippen molar-refractivity contribution in [2.75, 3.05) is 16.5 Å². The van der Waals surface area contributed by atoms with Crippen molar-refractivity contribution < 1.29 is 4.74 Å². The van der Waals surface area contributed by atoms with Crippen LogP contribution in [-0.4, -0.2) is 16.2 Å². The lowest BCUT2D eigenvalue weighted by molar-refractivity contribution is 0.483. The molecule has 0 radical (unpaired) electrons. The third kappa shape index (κ3) is 7.72. The van der Waals surface area contributed by atoms with Crippen LogP contribution in [0, 0.1) is 0 Å². The zero-order valence-electron chi connectivity index (χ0n) is 43.7. The Balaban J connectivity index is 0.868. The summed E-state index contributed by atoms with van der Waals surface area (Å²) in [4.78, 5) is 10.1. The first kappa shape index (κ1) is 46.1. The number of benzene rings is 10. The van der Waals surface area contributed by atoms with Crippen molar-refractivity contribution in [3.63, 3.8) is 0 Å². The van der Waals surface area contributed by atoms with E-state index >= 15 is 0 Å². The van der Waals surface area contributed by atoms with E-state index < -0.39 is 0 Å². The van der Waals surface area contributed by atoms with E-state index in [2.05, 4.69) is 291 Å². The van der Waals surface area contributed by atoms with Gasteiger partial charge in [0, 0.05) is 51.3 Å². The van der Waals surface area contributed by atoms with Crippen LogP contribution in [0.1, 0.15) is 49.9 Å². The lowest BCUT2D eigenvalue weighted by atomic mass is 9.74. The predicted octanol–water partition coefficient (Wildman–Crippen LogP) is 18.9. The summed E-state index contributed by atoms with van der Waals surface area (Å²) >= 11 is 0. The molecule has 5 heteroatoms. The van der Waals surface area contributed by atoms with Crippen LogP contribution in [0.3, 0.4) is 0 Å². The topological polar surface area (TPSA) is 33.5 Å². The second-order valence-corrected chi connectivity index (χ2v) is 21.7. The van der Waals surface area contributed by atoms with E-state index in [4.69, 9.17) is 9.72 Å². The summed E-state index contributed by atoms with van der Waals surface area (Å²) in [6, 6.07) is 90.0. The van der Waals surface area contributed by atoms with Gasteiger partial charge in [0.15, 0.2) is 0 Å². The van der Waals surface area contributed by atoms with Crippen LogP contribution in [0.2, 0.25) is 0 Å². The van der Waals surface area contributed by atoms with Crippen molar-refractivity contribution in [2.45, 2.75) is 38.5 Å². The molecular weight excluding hydrogens is 937 g/mol. The lowest BCUT2D eigenvalue weighted by Crippen LogP contribution is -2.25. The Morgan fingerprint density at radius 3 is 1.62 bits per heavy atom. The van der Waals surface area contributed by atoms with Crippen LogP contribution in [0.5, 0.6) is 11.5 Å². The molecule has 370 valence electrons. The normalized spacial score (nSPS) is 13.5. The van der Waals surface area contributed by atoms with Crippen molar-refractivity contribution in [3.05, 3.63) is 277 Å². The highest BCUT2D eigenvalue weighted by Crippen LogP contribution is 2.54. The molecule has 0 bridgehead atoms. The summed E-state index contributed by atoms with van der Waals surface area (Å²) in [6.07, 6.45) is 1.98. The summed E-state index contributed by atoms with van der Waals surface area (Å²) in [6.45, 7) is 9.88. The monoisotopic (exact) mass is 992 g/mol. The van der Waals surface area contributed by atoms with Crippen LogP contribution in [0.15, 0.2) is 255 Å². The van der Waals surface area contributed by atoms with Gasteiger partial charge in [0.05, 0.1) is 28.1 Å². The summed E-state index contributed by atoms with van der Waals surface area (Å²) in [5.41, 5.74) is 20.9. The second-order valence-electron chi connectivity index (χ2n) is 21.7. The first-order valence-electron chi connectivity index (χ1n) is 26.7. The highest BCUT2D eigenvalue weighted by atomic mass is 16.5. The average molecular weight is 993 g/mol. The summed E-state index contributed by atoms with van der Waals surface area (Å²) < 4.78 is 9.32. The number of rotatable bonds is 9. The van der Waals surface area contributed by atoms with E-state index in [9.17, 15) is 0 Å². The van der Waals surface area contributed by atoms with Gasteiger partial charge >= 0.3 is 0 Å². The highest BCUT2D eigenvalue weighted by molar-refractivity contribution is 6.10. The zero-order chi connectivity index (χ0) is 51.8. The number of aromatic nitrogens is 2. The van der Waals surface area contributed by atoms with E-state index in [1.165, 1.54) is 66.9 Å². The Hall–Kier alpha value is -9.45.